The Morgan fingerprint density at radius 1 is 1.00 bits per heavy atom. The molecule has 0 amide bonds. The van der Waals surface area contributed by atoms with Gasteiger partial charge in [0.15, 0.2) is 0 Å². The molecule has 0 radical (unpaired) electrons. The van der Waals surface area contributed by atoms with E-state index >= 15 is 0 Å². The van der Waals surface area contributed by atoms with E-state index in [1.165, 1.54) is 6.92 Å². The molecule has 0 aliphatic rings. The van der Waals surface area contributed by atoms with Gasteiger partial charge in [0, 0.05) is 19.3 Å². The number of nitrogens with one attached hydrogen (secondary N) is 1. The maximum absolute atomic E-state index is 13.5. The number of likely N-dealkylation sites (N-methyl/N-ethyl adjacent to an activating group) is 1. The Hall–Kier alpha value is -1.58. The fourth-order valence-corrected chi connectivity index (χ4v) is 2.55. The molecule has 0 aliphatic heterocycles. The number of carbonyl (C=O) groups excluding carboxylic acids is 1. The molecular weight excluding hydrogens is 427 g/mol. The van der Waals surface area contributed by atoms with Crippen molar-refractivity contribution in [1.82, 2.24) is 4.31 Å². The van der Waals surface area contributed by atoms with E-state index in [9.17, 15) is 52.7 Å². The molecule has 6 nitrogen and oxygen atoms in total. The van der Waals surface area contributed by atoms with Gasteiger partial charge in [0.25, 0.3) is 10.0 Å². The Balaban J connectivity index is 5.48. The van der Waals surface area contributed by atoms with Crippen LogP contribution in [0.1, 0.15) is 13.3 Å². The van der Waals surface area contributed by atoms with Gasteiger partial charge in [-0.25, -0.2) is 8.42 Å². The van der Waals surface area contributed by atoms with Crippen molar-refractivity contribution in [1.29, 1.82) is 5.41 Å². The minimum absolute atomic E-state index is 0.181. The summed E-state index contributed by atoms with van der Waals surface area (Å²) in [6, 6.07) is 0. The summed E-state index contributed by atoms with van der Waals surface area (Å²) >= 11 is 0. The predicted octanol–water partition coefficient (Wildman–Crippen LogP) is 2.65. The average molecular weight is 440 g/mol. The molecular formula is C11H13F9N2O4S. The van der Waals surface area contributed by atoms with Crippen molar-refractivity contribution < 1.29 is 57.5 Å². The first-order chi connectivity index (χ1) is 11.7. The zero-order chi connectivity index (χ0) is 22.1. The lowest BCUT2D eigenvalue weighted by Crippen LogP contribution is -2.65. The third-order valence-electron chi connectivity index (χ3n) is 2.93. The molecule has 0 unspecified atom stereocenters. The summed E-state index contributed by atoms with van der Waals surface area (Å²) in [6.07, 6.45) is -7.73. The van der Waals surface area contributed by atoms with Gasteiger partial charge in [-0.3, -0.25) is 4.79 Å². The van der Waals surface area contributed by atoms with E-state index in [1.54, 1.807) is 0 Å². The molecule has 0 aromatic rings. The Bertz CT molecular complexity index is 676. The zero-order valence-corrected chi connectivity index (χ0v) is 14.3. The fraction of sp³-hybridized carbons (Fsp3) is 0.818. The van der Waals surface area contributed by atoms with Crippen molar-refractivity contribution in [2.75, 3.05) is 20.2 Å². The normalized spacial score (nSPS) is 14.4. The van der Waals surface area contributed by atoms with E-state index in [0.29, 0.717) is 0 Å². The van der Waals surface area contributed by atoms with E-state index in [0.717, 1.165) is 0 Å². The first-order valence-corrected chi connectivity index (χ1v) is 8.03. The molecule has 0 aromatic heterocycles. The summed E-state index contributed by atoms with van der Waals surface area (Å²) in [5.41, 5.74) is -0.193. The monoisotopic (exact) mass is 440 g/mol. The molecule has 0 heterocycles. The number of ether oxygens (including phenoxy) is 1. The van der Waals surface area contributed by atoms with Crippen molar-refractivity contribution in [2.45, 2.75) is 36.6 Å². The molecule has 160 valence electrons. The average Bonchev–Trinajstić information content (AvgIpc) is 2.44. The van der Waals surface area contributed by atoms with Crippen LogP contribution in [0.4, 0.5) is 39.5 Å². The number of nitrogens with zero attached hydrogens (tertiary/aromatic N) is 1. The number of rotatable bonds is 9. The summed E-state index contributed by atoms with van der Waals surface area (Å²) in [5, 5.41) is 0.107. The molecule has 0 saturated carbocycles. The largest absolute Gasteiger partial charge is 0.464 e. The second-order valence-electron chi connectivity index (χ2n) is 5.17. The van der Waals surface area contributed by atoms with Gasteiger partial charge in [-0.2, -0.15) is 43.8 Å². The standard InChI is InChI=1S/C11H13F9N2O4S/c1-6(21)5-7(23)26-4-3-22(2)27(24,25)11(19,20)9(14,15)8(12,13)10(16,17)18/h21H,3-5H2,1-2H3. The van der Waals surface area contributed by atoms with Crippen molar-refractivity contribution in [3.63, 3.8) is 0 Å². The third-order valence-corrected chi connectivity index (χ3v) is 4.84. The van der Waals surface area contributed by atoms with Crippen LogP contribution in [-0.4, -0.2) is 67.9 Å². The second-order valence-corrected chi connectivity index (χ2v) is 7.25. The molecule has 16 heteroatoms. The summed E-state index contributed by atoms with van der Waals surface area (Å²) in [4.78, 5) is 11.1. The molecule has 0 fully saturated rings. The Kier molecular flexibility index (Phi) is 7.35. The first kappa shape index (κ1) is 25.4. The van der Waals surface area contributed by atoms with E-state index in [4.69, 9.17) is 5.41 Å². The van der Waals surface area contributed by atoms with Crippen LogP contribution in [-0.2, 0) is 19.6 Å². The Morgan fingerprint density at radius 2 is 1.44 bits per heavy atom. The minimum atomic E-state index is -7.36. The van der Waals surface area contributed by atoms with Crippen LogP contribution in [0.5, 0.6) is 0 Å². The van der Waals surface area contributed by atoms with Gasteiger partial charge in [-0.15, -0.1) is 0 Å². The number of alkyl halides is 9. The highest BCUT2D eigenvalue weighted by Gasteiger charge is 2.85. The number of hydrogen-bond acceptors (Lipinski definition) is 5. The molecule has 0 spiro atoms. The molecule has 0 aromatic carbocycles. The smallest absolute Gasteiger partial charge is 0.460 e. The lowest BCUT2D eigenvalue weighted by atomic mass is 10.1. The first-order valence-electron chi connectivity index (χ1n) is 6.59. The van der Waals surface area contributed by atoms with Crippen LogP contribution in [0.2, 0.25) is 0 Å². The maximum atomic E-state index is 13.5. The molecule has 27 heavy (non-hydrogen) atoms. The van der Waals surface area contributed by atoms with E-state index in [1.807, 2.05) is 0 Å². The van der Waals surface area contributed by atoms with Gasteiger partial charge in [0.05, 0.1) is 6.42 Å². The number of hydrogen-bond donors (Lipinski definition) is 1. The molecule has 0 saturated heterocycles. The van der Waals surface area contributed by atoms with Crippen molar-refractivity contribution in [3.8, 4) is 0 Å². The third kappa shape index (κ3) is 4.83. The lowest BCUT2D eigenvalue weighted by Gasteiger charge is -2.34. The summed E-state index contributed by atoms with van der Waals surface area (Å²) in [5.74, 6) is -15.8. The van der Waals surface area contributed by atoms with E-state index in [2.05, 4.69) is 4.74 Å². The highest BCUT2D eigenvalue weighted by atomic mass is 32.2. The maximum Gasteiger partial charge on any atom is 0.460 e. The summed E-state index contributed by atoms with van der Waals surface area (Å²) < 4.78 is 141. The van der Waals surface area contributed by atoms with Gasteiger partial charge in [-0.05, 0) is 6.92 Å². The van der Waals surface area contributed by atoms with E-state index in [-0.39, 0.29) is 12.8 Å². The fourth-order valence-electron chi connectivity index (χ4n) is 1.39. The summed E-state index contributed by atoms with van der Waals surface area (Å²) in [7, 11) is -6.54. The SMILES string of the molecule is CC(=N)CC(=O)OCCN(C)S(=O)(=O)C(F)(F)C(F)(F)C(F)(F)C(F)(F)F. The quantitative estimate of drug-likeness (QED) is 0.339. The van der Waals surface area contributed by atoms with Crippen LogP contribution in [0.15, 0.2) is 0 Å². The van der Waals surface area contributed by atoms with E-state index < -0.39 is 63.1 Å². The lowest BCUT2D eigenvalue weighted by molar-refractivity contribution is -0.382. The number of halogens is 9. The van der Waals surface area contributed by atoms with Gasteiger partial charge >= 0.3 is 29.2 Å². The van der Waals surface area contributed by atoms with Crippen LogP contribution >= 0.6 is 0 Å². The van der Waals surface area contributed by atoms with Crippen molar-refractivity contribution >= 4 is 21.7 Å². The molecule has 1 N–H and O–H groups in total. The number of esters is 1. The van der Waals surface area contributed by atoms with Gasteiger partial charge in [0.1, 0.15) is 6.61 Å². The van der Waals surface area contributed by atoms with Crippen molar-refractivity contribution in [3.05, 3.63) is 0 Å². The van der Waals surface area contributed by atoms with Crippen LogP contribution in [0, 0.1) is 5.41 Å². The molecule has 0 rings (SSSR count). The molecule has 0 bridgehead atoms. The van der Waals surface area contributed by atoms with Gasteiger partial charge in [-0.1, -0.05) is 0 Å². The highest BCUT2D eigenvalue weighted by Crippen LogP contribution is 2.55. The zero-order valence-electron chi connectivity index (χ0n) is 13.5. The Labute approximate surface area is 146 Å². The predicted molar refractivity (Wildman–Crippen MR) is 71.4 cm³/mol. The van der Waals surface area contributed by atoms with Crippen LogP contribution in [0.25, 0.3) is 0 Å². The van der Waals surface area contributed by atoms with Gasteiger partial charge in [0.2, 0.25) is 0 Å². The van der Waals surface area contributed by atoms with Crippen LogP contribution in [0.3, 0.4) is 0 Å². The topological polar surface area (TPSA) is 87.5 Å². The second kappa shape index (κ2) is 7.81. The number of carbonyl (C=O) groups is 1. The Morgan fingerprint density at radius 3 is 1.81 bits per heavy atom. The molecule has 0 atom stereocenters. The van der Waals surface area contributed by atoms with Crippen LogP contribution < -0.4 is 0 Å². The van der Waals surface area contributed by atoms with Crippen molar-refractivity contribution in [2.24, 2.45) is 0 Å². The number of sulfonamides is 1. The van der Waals surface area contributed by atoms with Gasteiger partial charge < -0.3 is 10.1 Å². The minimum Gasteiger partial charge on any atom is -0.464 e. The highest BCUT2D eigenvalue weighted by molar-refractivity contribution is 7.90. The summed E-state index contributed by atoms with van der Waals surface area (Å²) in [6.45, 7) is -1.09. The molecule has 0 aliphatic carbocycles.